The molecule has 4 nitrogen and oxygen atoms in total. The van der Waals surface area contributed by atoms with Crippen molar-refractivity contribution in [2.24, 2.45) is 0 Å². The second-order valence-corrected chi connectivity index (χ2v) is 1.22. The summed E-state index contributed by atoms with van der Waals surface area (Å²) in [5, 5.41) is 0. The number of hydrogen-bond acceptors (Lipinski definition) is 4. The van der Waals surface area contributed by atoms with Crippen LogP contribution in [-0.2, 0) is 29.9 Å². The Bertz CT molecular complexity index is 99.2. The van der Waals surface area contributed by atoms with E-state index in [1.807, 2.05) is 0 Å². The van der Waals surface area contributed by atoms with Gasteiger partial charge in [0.25, 0.3) is 0 Å². The Balaban J connectivity index is -0.0000000267. The van der Waals surface area contributed by atoms with E-state index in [0.717, 1.165) is 0 Å². The summed E-state index contributed by atoms with van der Waals surface area (Å²) in [6.45, 7) is 0. The van der Waals surface area contributed by atoms with Crippen LogP contribution in [0.3, 0.4) is 0 Å². The van der Waals surface area contributed by atoms with Gasteiger partial charge in [-0.2, -0.15) is 0 Å². The van der Waals surface area contributed by atoms with E-state index in [1.54, 1.807) is 0 Å². The molecule has 0 aliphatic rings. The van der Waals surface area contributed by atoms with Crippen LogP contribution >= 0.6 is 0 Å². The summed E-state index contributed by atoms with van der Waals surface area (Å²) in [6, 6.07) is 0. The molecule has 0 fully saturated rings. The summed E-state index contributed by atoms with van der Waals surface area (Å²) >= 11 is 0. The first-order chi connectivity index (χ1) is 2.00. The van der Waals surface area contributed by atoms with Crippen molar-refractivity contribution in [2.75, 3.05) is 0 Å². The first-order valence-corrected chi connectivity index (χ1v) is 2.00. The molecular weight excluding hydrogens is 226 g/mol. The Hall–Kier alpha value is 2.52. The van der Waals surface area contributed by atoms with Crippen LogP contribution in [0.2, 0.25) is 0 Å². The van der Waals surface area contributed by atoms with Crippen LogP contribution < -0.4 is 0 Å². The van der Waals surface area contributed by atoms with Gasteiger partial charge in [0.2, 0.25) is 0 Å². The van der Waals surface area contributed by atoms with Crippen molar-refractivity contribution >= 4 is 71.2 Å². The normalized spacial score (nSPS) is 7.25. The topological polar surface area (TPSA) is 80.3 Å². The van der Waals surface area contributed by atoms with Gasteiger partial charge in [-0.1, -0.05) is 0 Å². The molecule has 0 bridgehead atoms. The van der Waals surface area contributed by atoms with Crippen molar-refractivity contribution in [3.05, 3.63) is 0 Å². The minimum absolute atomic E-state index is 0. The zero-order valence-corrected chi connectivity index (χ0v) is 9.45. The van der Waals surface area contributed by atoms with E-state index in [9.17, 15) is 0 Å². The van der Waals surface area contributed by atoms with Gasteiger partial charge in [0.05, 0.1) is 0 Å². The molecule has 0 saturated carbocycles. The zero-order chi connectivity index (χ0) is 4.50. The van der Waals surface area contributed by atoms with Crippen LogP contribution in [0.15, 0.2) is 0 Å². The molecule has 0 radical (unpaired) electrons. The summed E-state index contributed by atoms with van der Waals surface area (Å²) in [5.41, 5.74) is 0. The van der Waals surface area contributed by atoms with Crippen molar-refractivity contribution in [1.82, 2.24) is 0 Å². The molecule has 0 unspecified atom stereocenters. The van der Waals surface area contributed by atoms with Crippen LogP contribution in [-0.4, -0.2) is 78.3 Å². The molecular formula is H2CaMgO4SZn. The van der Waals surface area contributed by atoms with Crippen LogP contribution in [0.4, 0.5) is 0 Å². The molecule has 0 aliphatic carbocycles. The molecule has 0 atom stereocenters. The van der Waals surface area contributed by atoms with Gasteiger partial charge in [-0.05, 0) is 0 Å². The SMILES string of the molecule is O=S(=O)([O-])[O-].[Ca+2].[MgH2].[Zn]. The predicted octanol–water partition coefficient (Wildman–Crippen LogP) is -2.64. The van der Waals surface area contributed by atoms with Crippen molar-refractivity contribution in [3.63, 3.8) is 0 Å². The Morgan fingerprint density at radius 3 is 1.12 bits per heavy atom. The average Bonchev–Trinajstić information content (AvgIpc) is 0.722. The van der Waals surface area contributed by atoms with Crippen molar-refractivity contribution in [3.8, 4) is 0 Å². The Morgan fingerprint density at radius 2 is 1.12 bits per heavy atom. The van der Waals surface area contributed by atoms with Crippen LogP contribution in [0.25, 0.3) is 0 Å². The van der Waals surface area contributed by atoms with Crippen LogP contribution in [0, 0.1) is 0 Å². The number of rotatable bonds is 0. The molecule has 0 aromatic carbocycles. The maximum absolute atomic E-state index is 8.52. The second kappa shape index (κ2) is 9.52. The molecule has 0 rings (SSSR count). The first kappa shape index (κ1) is 22.4. The standard InChI is InChI=1S/Ca.Mg.H2O4S.Zn.2H/c;;1-5(2,3)4;;;/h;;(H2,1,2,3,4);;;/q+2;;;;;/p-2. The number of hydrogen-bond donors (Lipinski definition) is 0. The summed E-state index contributed by atoms with van der Waals surface area (Å²) < 4.78 is 34.1. The fraction of sp³-hybridized carbons (Fsp3) is 0. The van der Waals surface area contributed by atoms with Crippen molar-refractivity contribution < 1.29 is 37.0 Å². The quantitative estimate of drug-likeness (QED) is 0.258. The second-order valence-electron chi connectivity index (χ2n) is 0.408. The van der Waals surface area contributed by atoms with E-state index in [-0.39, 0.29) is 80.3 Å². The van der Waals surface area contributed by atoms with E-state index >= 15 is 0 Å². The predicted molar refractivity (Wildman–Crippen MR) is 24.8 cm³/mol. The molecule has 0 aliphatic heterocycles. The van der Waals surface area contributed by atoms with Gasteiger partial charge in [0.1, 0.15) is 0 Å². The van der Waals surface area contributed by atoms with Crippen molar-refractivity contribution in [1.29, 1.82) is 0 Å². The summed E-state index contributed by atoms with van der Waals surface area (Å²) in [7, 11) is -5.17. The van der Waals surface area contributed by atoms with E-state index in [1.165, 1.54) is 0 Å². The van der Waals surface area contributed by atoms with Gasteiger partial charge >= 0.3 is 60.8 Å². The molecule has 0 aromatic rings. The Labute approximate surface area is 106 Å². The molecule has 0 aromatic heterocycles. The van der Waals surface area contributed by atoms with E-state index in [2.05, 4.69) is 0 Å². The van der Waals surface area contributed by atoms with Gasteiger partial charge in [-0.3, -0.25) is 8.42 Å². The molecule has 38 valence electrons. The minimum Gasteiger partial charge on any atom is -0.759 e. The monoisotopic (exact) mass is 226 g/mol. The van der Waals surface area contributed by atoms with Crippen LogP contribution in [0.1, 0.15) is 0 Å². The molecule has 8 heteroatoms. The van der Waals surface area contributed by atoms with Crippen molar-refractivity contribution in [2.45, 2.75) is 0 Å². The zero-order valence-electron chi connectivity index (χ0n) is 3.46. The molecule has 0 saturated heterocycles. The fourth-order valence-corrected chi connectivity index (χ4v) is 0. The molecule has 8 heavy (non-hydrogen) atoms. The maximum atomic E-state index is 8.52. The van der Waals surface area contributed by atoms with E-state index < -0.39 is 10.4 Å². The molecule has 0 heterocycles. The third-order valence-electron chi connectivity index (χ3n) is 0. The Morgan fingerprint density at radius 1 is 1.12 bits per heavy atom. The third-order valence-corrected chi connectivity index (χ3v) is 0. The average molecular weight is 228 g/mol. The summed E-state index contributed by atoms with van der Waals surface area (Å²) in [4.78, 5) is 0. The largest absolute Gasteiger partial charge is 2.00 e. The molecule has 0 N–H and O–H groups in total. The smallest absolute Gasteiger partial charge is 0.759 e. The van der Waals surface area contributed by atoms with E-state index in [0.29, 0.717) is 0 Å². The minimum atomic E-state index is -5.17. The first-order valence-electron chi connectivity index (χ1n) is 0.667. The fourth-order valence-electron chi connectivity index (χ4n) is 0. The summed E-state index contributed by atoms with van der Waals surface area (Å²) in [5.74, 6) is 0. The molecule has 0 amide bonds. The van der Waals surface area contributed by atoms with Gasteiger partial charge in [-0.15, -0.1) is 0 Å². The van der Waals surface area contributed by atoms with Gasteiger partial charge < -0.3 is 9.11 Å². The summed E-state index contributed by atoms with van der Waals surface area (Å²) in [6.07, 6.45) is 0. The van der Waals surface area contributed by atoms with Gasteiger partial charge in [0, 0.05) is 29.9 Å². The van der Waals surface area contributed by atoms with Crippen LogP contribution in [0.5, 0.6) is 0 Å². The molecule has 0 spiro atoms. The van der Waals surface area contributed by atoms with Gasteiger partial charge in [0.15, 0.2) is 0 Å². The maximum Gasteiger partial charge on any atom is 2.00 e. The van der Waals surface area contributed by atoms with E-state index in [4.69, 9.17) is 17.5 Å². The Kier molecular flexibility index (Phi) is 26.7. The van der Waals surface area contributed by atoms with Gasteiger partial charge in [-0.25, -0.2) is 0 Å². The third kappa shape index (κ3) is 75.9.